The minimum atomic E-state index is 0.572. The summed E-state index contributed by atoms with van der Waals surface area (Å²) in [6.07, 6.45) is 3.45. The van der Waals surface area contributed by atoms with Gasteiger partial charge in [-0.3, -0.25) is 0 Å². The molecule has 0 unspecified atom stereocenters. The van der Waals surface area contributed by atoms with Gasteiger partial charge in [0.05, 0.1) is 36.5 Å². The van der Waals surface area contributed by atoms with Gasteiger partial charge in [-0.2, -0.15) is 0 Å². The summed E-state index contributed by atoms with van der Waals surface area (Å²) in [4.78, 5) is 18.5. The quantitative estimate of drug-likeness (QED) is 0.418. The van der Waals surface area contributed by atoms with E-state index in [1.165, 1.54) is 0 Å². The molecule has 0 spiro atoms. The fourth-order valence-electron chi connectivity index (χ4n) is 2.83. The standard InChI is InChI=1S/C19H17N5OS/c1-24(17-8-9-20-19(23-17)26-25-2)14-10-15(13-6-4-3-5-7-13)18-16(11-14)21-12-22-18/h3-12H,1-2H3,(H,21,22). The molecule has 0 atom stereocenters. The number of hydrogen-bond acceptors (Lipinski definition) is 6. The van der Waals surface area contributed by atoms with E-state index in [1.54, 1.807) is 19.6 Å². The van der Waals surface area contributed by atoms with E-state index >= 15 is 0 Å². The highest BCUT2D eigenvalue weighted by Gasteiger charge is 2.13. The van der Waals surface area contributed by atoms with Gasteiger partial charge in [0.15, 0.2) is 0 Å². The van der Waals surface area contributed by atoms with Crippen molar-refractivity contribution in [3.05, 3.63) is 61.1 Å². The Bertz CT molecular complexity index is 1030. The average molecular weight is 363 g/mol. The molecule has 0 aliphatic rings. The Morgan fingerprint density at radius 3 is 2.73 bits per heavy atom. The lowest BCUT2D eigenvalue weighted by molar-refractivity contribution is 0.486. The Morgan fingerprint density at radius 1 is 1.08 bits per heavy atom. The van der Waals surface area contributed by atoms with Crippen LogP contribution in [0.25, 0.3) is 22.2 Å². The lowest BCUT2D eigenvalue weighted by Gasteiger charge is -2.20. The number of H-pyrrole nitrogens is 1. The van der Waals surface area contributed by atoms with E-state index in [-0.39, 0.29) is 0 Å². The van der Waals surface area contributed by atoms with Gasteiger partial charge in [-0.1, -0.05) is 30.3 Å². The summed E-state index contributed by atoms with van der Waals surface area (Å²) in [7, 11) is 3.58. The maximum atomic E-state index is 5.05. The number of nitrogens with one attached hydrogen (secondary N) is 1. The second kappa shape index (κ2) is 7.15. The molecule has 0 aliphatic heterocycles. The van der Waals surface area contributed by atoms with Gasteiger partial charge < -0.3 is 14.1 Å². The molecule has 130 valence electrons. The van der Waals surface area contributed by atoms with Crippen molar-refractivity contribution in [2.75, 3.05) is 19.1 Å². The number of rotatable bonds is 5. The third kappa shape index (κ3) is 3.14. The molecular weight excluding hydrogens is 346 g/mol. The van der Waals surface area contributed by atoms with Gasteiger partial charge >= 0.3 is 0 Å². The molecule has 6 nitrogen and oxygen atoms in total. The summed E-state index contributed by atoms with van der Waals surface area (Å²) in [6.45, 7) is 0. The van der Waals surface area contributed by atoms with E-state index in [0.717, 1.165) is 45.7 Å². The van der Waals surface area contributed by atoms with E-state index in [1.807, 2.05) is 36.2 Å². The van der Waals surface area contributed by atoms with Gasteiger partial charge in [-0.25, -0.2) is 15.0 Å². The minimum absolute atomic E-state index is 0.572. The van der Waals surface area contributed by atoms with Crippen molar-refractivity contribution in [2.45, 2.75) is 5.16 Å². The summed E-state index contributed by atoms with van der Waals surface area (Å²) in [5.74, 6) is 0.789. The number of anilines is 2. The molecule has 0 bridgehead atoms. The Morgan fingerprint density at radius 2 is 1.92 bits per heavy atom. The highest BCUT2D eigenvalue weighted by molar-refractivity contribution is 7.94. The number of aromatic nitrogens is 4. The number of nitrogens with zero attached hydrogens (tertiary/aromatic N) is 4. The minimum Gasteiger partial charge on any atom is -0.345 e. The van der Waals surface area contributed by atoms with Crippen LogP contribution >= 0.6 is 12.0 Å². The first-order valence-corrected chi connectivity index (χ1v) is 8.80. The Kier molecular flexibility index (Phi) is 4.55. The van der Waals surface area contributed by atoms with Crippen LogP contribution in [0.2, 0.25) is 0 Å². The second-order valence-corrected chi connectivity index (χ2v) is 6.53. The average Bonchev–Trinajstić information content (AvgIpc) is 3.16. The van der Waals surface area contributed by atoms with Crippen LogP contribution in [-0.4, -0.2) is 34.1 Å². The monoisotopic (exact) mass is 363 g/mol. The molecule has 0 saturated heterocycles. The molecule has 2 heterocycles. The van der Waals surface area contributed by atoms with Crippen LogP contribution < -0.4 is 4.90 Å². The van der Waals surface area contributed by atoms with E-state index in [0.29, 0.717) is 5.16 Å². The predicted octanol–water partition coefficient (Wildman–Crippen LogP) is 4.44. The summed E-state index contributed by atoms with van der Waals surface area (Å²) in [5, 5.41) is 0.572. The van der Waals surface area contributed by atoms with E-state index in [9.17, 15) is 0 Å². The van der Waals surface area contributed by atoms with Crippen molar-refractivity contribution in [1.29, 1.82) is 0 Å². The molecule has 0 fully saturated rings. The second-order valence-electron chi connectivity index (χ2n) is 5.66. The SMILES string of the molecule is COSc1nccc(N(C)c2cc(-c3ccccc3)c3nc[nH]c3c2)n1. The molecule has 0 amide bonds. The van der Waals surface area contributed by atoms with Crippen LogP contribution in [0.4, 0.5) is 11.5 Å². The maximum Gasteiger partial charge on any atom is 0.217 e. The third-order valence-electron chi connectivity index (χ3n) is 4.10. The molecular formula is C19H17N5OS. The van der Waals surface area contributed by atoms with E-state index in [4.69, 9.17) is 4.18 Å². The van der Waals surface area contributed by atoms with Gasteiger partial charge in [0.25, 0.3) is 0 Å². The van der Waals surface area contributed by atoms with Crippen molar-refractivity contribution >= 4 is 34.6 Å². The maximum absolute atomic E-state index is 5.05. The lowest BCUT2D eigenvalue weighted by Crippen LogP contribution is -2.12. The zero-order valence-electron chi connectivity index (χ0n) is 14.4. The van der Waals surface area contributed by atoms with Gasteiger partial charge in [0.2, 0.25) is 5.16 Å². The zero-order chi connectivity index (χ0) is 17.9. The number of aromatic amines is 1. The Hall–Kier alpha value is -2.90. The fourth-order valence-corrected chi connectivity index (χ4v) is 3.22. The first-order valence-electron chi connectivity index (χ1n) is 8.06. The van der Waals surface area contributed by atoms with Crippen LogP contribution in [0, 0.1) is 0 Å². The van der Waals surface area contributed by atoms with Crippen LogP contribution in [0.15, 0.2) is 66.2 Å². The molecule has 4 rings (SSSR count). The third-order valence-corrected chi connectivity index (χ3v) is 4.61. The van der Waals surface area contributed by atoms with Crippen LogP contribution in [0.1, 0.15) is 0 Å². The normalized spacial score (nSPS) is 11.0. The predicted molar refractivity (Wildman–Crippen MR) is 104 cm³/mol. The number of hydrogen-bond donors (Lipinski definition) is 1. The summed E-state index contributed by atoms with van der Waals surface area (Å²) >= 11 is 1.14. The zero-order valence-corrected chi connectivity index (χ0v) is 15.2. The fraction of sp³-hybridized carbons (Fsp3) is 0.105. The first-order chi connectivity index (χ1) is 12.8. The number of fused-ring (bicyclic) bond motifs is 1. The molecule has 26 heavy (non-hydrogen) atoms. The Labute approximate surface area is 155 Å². The molecule has 4 aromatic rings. The van der Waals surface area contributed by atoms with Crippen LogP contribution in [-0.2, 0) is 4.18 Å². The van der Waals surface area contributed by atoms with E-state index < -0.39 is 0 Å². The van der Waals surface area contributed by atoms with Crippen molar-refractivity contribution in [2.24, 2.45) is 0 Å². The topological polar surface area (TPSA) is 66.9 Å². The van der Waals surface area contributed by atoms with Crippen LogP contribution in [0.3, 0.4) is 0 Å². The van der Waals surface area contributed by atoms with Gasteiger partial charge in [0, 0.05) is 24.5 Å². The van der Waals surface area contributed by atoms with Crippen molar-refractivity contribution in [3.63, 3.8) is 0 Å². The lowest BCUT2D eigenvalue weighted by atomic mass is 10.0. The van der Waals surface area contributed by atoms with Gasteiger partial charge in [-0.05, 0) is 23.8 Å². The molecule has 1 N–H and O–H groups in total. The smallest absolute Gasteiger partial charge is 0.217 e. The summed E-state index contributed by atoms with van der Waals surface area (Å²) in [5.41, 5.74) is 5.14. The van der Waals surface area contributed by atoms with Crippen molar-refractivity contribution in [1.82, 2.24) is 19.9 Å². The number of benzene rings is 2. The molecule has 2 aromatic heterocycles. The highest BCUT2D eigenvalue weighted by atomic mass is 32.2. The molecule has 2 aromatic carbocycles. The highest BCUT2D eigenvalue weighted by Crippen LogP contribution is 2.33. The molecule has 0 radical (unpaired) electrons. The molecule has 0 aliphatic carbocycles. The van der Waals surface area contributed by atoms with E-state index in [2.05, 4.69) is 44.2 Å². The van der Waals surface area contributed by atoms with Gasteiger partial charge in [-0.15, -0.1) is 0 Å². The number of imidazole rings is 1. The first kappa shape index (κ1) is 16.6. The molecule has 7 heteroatoms. The summed E-state index contributed by atoms with van der Waals surface area (Å²) in [6, 6.07) is 16.3. The van der Waals surface area contributed by atoms with Crippen molar-refractivity contribution < 1.29 is 4.18 Å². The van der Waals surface area contributed by atoms with Gasteiger partial charge in [0.1, 0.15) is 5.82 Å². The van der Waals surface area contributed by atoms with Crippen molar-refractivity contribution in [3.8, 4) is 11.1 Å². The van der Waals surface area contributed by atoms with Crippen LogP contribution in [0.5, 0.6) is 0 Å². The summed E-state index contributed by atoms with van der Waals surface area (Å²) < 4.78 is 5.05. The Balaban J connectivity index is 1.80. The largest absolute Gasteiger partial charge is 0.345 e. The molecule has 0 saturated carbocycles.